The largest absolute Gasteiger partial charge is 0.444 e. The summed E-state index contributed by atoms with van der Waals surface area (Å²) in [6, 6.07) is 6.57. The topological polar surface area (TPSA) is 88.8 Å². The molecule has 4 heterocycles. The normalized spacial score (nSPS) is 16.3. The van der Waals surface area contributed by atoms with Gasteiger partial charge in [0.25, 0.3) is 5.91 Å². The number of amides is 2. The van der Waals surface area contributed by atoms with Crippen LogP contribution in [-0.4, -0.2) is 50.5 Å². The van der Waals surface area contributed by atoms with Crippen molar-refractivity contribution in [3.05, 3.63) is 53.7 Å². The van der Waals surface area contributed by atoms with Crippen LogP contribution < -0.4 is 5.32 Å². The van der Waals surface area contributed by atoms with E-state index in [1.165, 1.54) is 17.4 Å². The summed E-state index contributed by atoms with van der Waals surface area (Å²) in [4.78, 5) is 35.7. The van der Waals surface area contributed by atoms with Crippen LogP contribution in [0.1, 0.15) is 55.7 Å². The summed E-state index contributed by atoms with van der Waals surface area (Å²) >= 11 is 1.41. The van der Waals surface area contributed by atoms with Crippen LogP contribution in [0.5, 0.6) is 0 Å². The Morgan fingerprint density at radius 3 is 2.77 bits per heavy atom. The molecule has 0 bridgehead atoms. The molecule has 1 atom stereocenters. The lowest BCUT2D eigenvalue weighted by molar-refractivity contribution is 0.0224. The van der Waals surface area contributed by atoms with Gasteiger partial charge in [-0.25, -0.2) is 19.2 Å². The Bertz CT molecular complexity index is 1450. The van der Waals surface area contributed by atoms with Gasteiger partial charge in [-0.2, -0.15) is 0 Å². The first-order valence-corrected chi connectivity index (χ1v) is 12.3. The van der Waals surface area contributed by atoms with Gasteiger partial charge in [0, 0.05) is 25.4 Å². The number of thiazole rings is 1. The molecule has 1 aliphatic rings. The predicted molar refractivity (Wildman–Crippen MR) is 132 cm³/mol. The Balaban J connectivity index is 1.43. The molecule has 35 heavy (non-hydrogen) atoms. The van der Waals surface area contributed by atoms with E-state index in [1.54, 1.807) is 36.5 Å². The zero-order valence-electron chi connectivity index (χ0n) is 20.0. The summed E-state index contributed by atoms with van der Waals surface area (Å²) in [6.07, 6.45) is 4.62. The van der Waals surface area contributed by atoms with Crippen molar-refractivity contribution in [2.75, 3.05) is 13.6 Å². The minimum atomic E-state index is -0.586. The molecule has 0 saturated carbocycles. The minimum absolute atomic E-state index is 0.219. The fraction of sp³-hybridized carbons (Fsp3) is 0.360. The van der Waals surface area contributed by atoms with E-state index in [1.807, 2.05) is 31.2 Å². The number of rotatable bonds is 3. The molecule has 0 spiro atoms. The van der Waals surface area contributed by atoms with Crippen LogP contribution in [-0.2, 0) is 4.74 Å². The van der Waals surface area contributed by atoms with Crippen molar-refractivity contribution < 1.29 is 18.7 Å². The third kappa shape index (κ3) is 4.34. The summed E-state index contributed by atoms with van der Waals surface area (Å²) in [5.41, 5.74) is 2.18. The van der Waals surface area contributed by atoms with Gasteiger partial charge in [-0.3, -0.25) is 9.20 Å². The minimum Gasteiger partial charge on any atom is -0.444 e. The third-order valence-electron chi connectivity index (χ3n) is 5.97. The molecule has 1 aliphatic heterocycles. The molecular formula is C25H26FN5O3S. The van der Waals surface area contributed by atoms with E-state index in [9.17, 15) is 9.59 Å². The number of nitrogens with one attached hydrogen (secondary N) is 1. The van der Waals surface area contributed by atoms with E-state index in [0.717, 1.165) is 28.6 Å². The third-order valence-corrected chi connectivity index (χ3v) is 6.99. The number of pyridine rings is 1. The second kappa shape index (κ2) is 8.60. The molecule has 1 fully saturated rings. The molecule has 1 aromatic carbocycles. The molecule has 8 nitrogen and oxygen atoms in total. The highest BCUT2D eigenvalue weighted by Crippen LogP contribution is 2.36. The molecule has 0 radical (unpaired) electrons. The highest BCUT2D eigenvalue weighted by molar-refractivity contribution is 7.23. The second-order valence-electron chi connectivity index (χ2n) is 9.57. The van der Waals surface area contributed by atoms with Gasteiger partial charge in [0.1, 0.15) is 17.1 Å². The zero-order valence-corrected chi connectivity index (χ0v) is 20.8. The molecule has 10 heteroatoms. The summed E-state index contributed by atoms with van der Waals surface area (Å²) in [6.45, 7) is 6.09. The van der Waals surface area contributed by atoms with Gasteiger partial charge in [-0.1, -0.05) is 17.4 Å². The van der Waals surface area contributed by atoms with Crippen LogP contribution >= 0.6 is 11.3 Å². The number of carbonyl (C=O) groups excluding carboxylic acids is 2. The van der Waals surface area contributed by atoms with E-state index in [4.69, 9.17) is 4.74 Å². The first-order chi connectivity index (χ1) is 16.6. The summed E-state index contributed by atoms with van der Waals surface area (Å²) in [5, 5.41) is 2.56. The highest BCUT2D eigenvalue weighted by atomic mass is 32.1. The molecule has 1 saturated heterocycles. The lowest BCUT2D eigenvalue weighted by Crippen LogP contribution is -2.36. The highest BCUT2D eigenvalue weighted by Gasteiger charge is 2.33. The quantitative estimate of drug-likeness (QED) is 0.423. The molecule has 1 unspecified atom stereocenters. The average Bonchev–Trinajstić information content (AvgIpc) is 3.51. The van der Waals surface area contributed by atoms with Gasteiger partial charge < -0.3 is 15.0 Å². The molecule has 3 aromatic heterocycles. The van der Waals surface area contributed by atoms with E-state index < -0.39 is 11.4 Å². The maximum Gasteiger partial charge on any atom is 0.410 e. The Labute approximate surface area is 205 Å². The molecule has 182 valence electrons. The van der Waals surface area contributed by atoms with Crippen molar-refractivity contribution in [1.29, 1.82) is 0 Å². The van der Waals surface area contributed by atoms with Gasteiger partial charge in [0.15, 0.2) is 4.96 Å². The molecule has 4 aromatic rings. The van der Waals surface area contributed by atoms with Crippen molar-refractivity contribution in [3.63, 3.8) is 0 Å². The first-order valence-electron chi connectivity index (χ1n) is 11.4. The molecule has 5 rings (SSSR count). The van der Waals surface area contributed by atoms with Gasteiger partial charge in [-0.15, -0.1) is 0 Å². The van der Waals surface area contributed by atoms with E-state index >= 15 is 4.39 Å². The zero-order chi connectivity index (χ0) is 24.9. The molecule has 0 aliphatic carbocycles. The number of carbonyl (C=O) groups is 2. The number of hydrogen-bond donors (Lipinski definition) is 1. The second-order valence-corrected chi connectivity index (χ2v) is 10.6. The lowest BCUT2D eigenvalue weighted by atomic mass is 10.0. The van der Waals surface area contributed by atoms with Crippen LogP contribution in [0.4, 0.5) is 9.18 Å². The Morgan fingerprint density at radius 2 is 2.06 bits per heavy atom. The molecule has 2 amide bonds. The standard InChI is InChI=1S/C25H26FN5O3S/c1-25(2,3)34-24(33)30-9-5-6-19(30)14-7-8-15(16(26)10-14)18-13-31-20-12-28-17(22(32)27-4)11-21(20)35-23(31)29-18/h7-8,10-13,19H,5-6,9H2,1-4H3,(H,27,32). The number of ether oxygens (including phenoxy) is 1. The van der Waals surface area contributed by atoms with E-state index in [0.29, 0.717) is 28.5 Å². The number of nitrogens with zero attached hydrogens (tertiary/aromatic N) is 4. The SMILES string of the molecule is CNC(=O)c1cc2sc3nc(-c4ccc(C5CCCN5C(=O)OC(C)(C)C)cc4F)cn3c2cn1. The lowest BCUT2D eigenvalue weighted by Gasteiger charge is -2.29. The number of imidazole rings is 1. The number of benzene rings is 1. The van der Waals surface area contributed by atoms with Gasteiger partial charge in [0.05, 0.1) is 28.1 Å². The van der Waals surface area contributed by atoms with Crippen LogP contribution in [0, 0.1) is 5.82 Å². The van der Waals surface area contributed by atoms with Gasteiger partial charge in [0.2, 0.25) is 0 Å². The number of hydrogen-bond acceptors (Lipinski definition) is 6. The van der Waals surface area contributed by atoms with Crippen LogP contribution in [0.2, 0.25) is 0 Å². The number of fused-ring (bicyclic) bond motifs is 3. The Hall–Kier alpha value is -3.53. The Morgan fingerprint density at radius 1 is 1.26 bits per heavy atom. The monoisotopic (exact) mass is 495 g/mol. The van der Waals surface area contributed by atoms with Crippen molar-refractivity contribution in [2.24, 2.45) is 0 Å². The van der Waals surface area contributed by atoms with E-state index in [2.05, 4.69) is 15.3 Å². The number of likely N-dealkylation sites (tertiary alicyclic amines) is 1. The predicted octanol–water partition coefficient (Wildman–Crippen LogP) is 5.18. The van der Waals surface area contributed by atoms with Crippen molar-refractivity contribution in [2.45, 2.75) is 45.3 Å². The number of halogens is 1. The Kier molecular flexibility index (Phi) is 5.71. The van der Waals surface area contributed by atoms with Gasteiger partial charge in [-0.05, 0) is 57.4 Å². The average molecular weight is 496 g/mol. The smallest absolute Gasteiger partial charge is 0.410 e. The fourth-order valence-corrected chi connectivity index (χ4v) is 5.40. The van der Waals surface area contributed by atoms with Crippen molar-refractivity contribution in [3.8, 4) is 11.3 Å². The number of aromatic nitrogens is 3. The summed E-state index contributed by atoms with van der Waals surface area (Å²) in [7, 11) is 1.56. The summed E-state index contributed by atoms with van der Waals surface area (Å²) in [5.74, 6) is -0.651. The van der Waals surface area contributed by atoms with Crippen LogP contribution in [0.3, 0.4) is 0 Å². The van der Waals surface area contributed by atoms with Crippen molar-refractivity contribution >= 4 is 38.5 Å². The van der Waals surface area contributed by atoms with E-state index in [-0.39, 0.29) is 18.0 Å². The van der Waals surface area contributed by atoms with Crippen LogP contribution in [0.25, 0.3) is 26.4 Å². The maximum absolute atomic E-state index is 15.3. The first kappa shape index (κ1) is 23.2. The fourth-order valence-electron chi connectivity index (χ4n) is 4.38. The summed E-state index contributed by atoms with van der Waals surface area (Å²) < 4.78 is 23.5. The van der Waals surface area contributed by atoms with Crippen LogP contribution in [0.15, 0.2) is 36.7 Å². The molecular weight excluding hydrogens is 469 g/mol. The maximum atomic E-state index is 15.3. The van der Waals surface area contributed by atoms with Gasteiger partial charge >= 0.3 is 6.09 Å². The molecule has 1 N–H and O–H groups in total. The van der Waals surface area contributed by atoms with Crippen molar-refractivity contribution in [1.82, 2.24) is 24.6 Å².